The van der Waals surface area contributed by atoms with Crippen molar-refractivity contribution in [2.45, 2.75) is 50.5 Å². The predicted octanol–water partition coefficient (Wildman–Crippen LogP) is 2.07. The summed E-state index contributed by atoms with van der Waals surface area (Å²) in [4.78, 5) is 0. The molecule has 0 radical (unpaired) electrons. The van der Waals surface area contributed by atoms with Crippen LogP contribution in [0.15, 0.2) is 0 Å². The summed E-state index contributed by atoms with van der Waals surface area (Å²) in [6.07, 6.45) is 9.11. The Balaban J connectivity index is 1.69. The van der Waals surface area contributed by atoms with Gasteiger partial charge in [-0.15, -0.1) is 0 Å². The Bertz CT molecular complexity index is 159. The van der Waals surface area contributed by atoms with Crippen LogP contribution in [0.5, 0.6) is 0 Å². The van der Waals surface area contributed by atoms with E-state index in [0.29, 0.717) is 0 Å². The molecule has 2 heteroatoms. The molecule has 2 aliphatic carbocycles. The summed E-state index contributed by atoms with van der Waals surface area (Å²) >= 11 is 0. The second-order valence-corrected chi connectivity index (χ2v) is 4.67. The van der Waals surface area contributed by atoms with Crippen LogP contribution in [0.4, 0.5) is 0 Å². The number of hydrogen-bond acceptors (Lipinski definition) is 2. The van der Waals surface area contributed by atoms with Crippen molar-refractivity contribution in [2.24, 2.45) is 11.7 Å². The molecule has 0 aromatic rings. The first-order valence-corrected chi connectivity index (χ1v) is 5.69. The minimum Gasteiger partial charge on any atom is -0.374 e. The summed E-state index contributed by atoms with van der Waals surface area (Å²) in [5.74, 6) is 0.983. The van der Waals surface area contributed by atoms with Gasteiger partial charge in [-0.3, -0.25) is 0 Å². The standard InChI is InChI=1S/C11H21NO/c12-9-11(6-1-2-7-11)13-8-5-10-3-4-10/h10H,1-9,12H2. The van der Waals surface area contributed by atoms with Gasteiger partial charge in [0.15, 0.2) is 0 Å². The van der Waals surface area contributed by atoms with E-state index in [-0.39, 0.29) is 5.60 Å². The zero-order chi connectivity index (χ0) is 9.15. The molecule has 0 atom stereocenters. The SMILES string of the molecule is NCC1(OCCC2CC2)CCCC1. The Hall–Kier alpha value is -0.0800. The lowest BCUT2D eigenvalue weighted by Crippen LogP contribution is -2.38. The topological polar surface area (TPSA) is 35.2 Å². The van der Waals surface area contributed by atoms with E-state index in [4.69, 9.17) is 10.5 Å². The highest BCUT2D eigenvalue weighted by Gasteiger charge is 2.33. The molecule has 2 rings (SSSR count). The molecule has 0 aliphatic heterocycles. The highest BCUT2D eigenvalue weighted by molar-refractivity contribution is 4.87. The van der Waals surface area contributed by atoms with Gasteiger partial charge in [-0.2, -0.15) is 0 Å². The van der Waals surface area contributed by atoms with Crippen LogP contribution >= 0.6 is 0 Å². The Morgan fingerprint density at radius 2 is 1.92 bits per heavy atom. The molecule has 2 saturated carbocycles. The van der Waals surface area contributed by atoms with Gasteiger partial charge in [-0.05, 0) is 25.2 Å². The Kier molecular flexibility index (Phi) is 2.89. The summed E-state index contributed by atoms with van der Waals surface area (Å²) in [5.41, 5.74) is 5.85. The molecule has 2 aliphatic rings. The van der Waals surface area contributed by atoms with Crippen LogP contribution in [-0.4, -0.2) is 18.8 Å². The first-order valence-electron chi connectivity index (χ1n) is 5.69. The lowest BCUT2D eigenvalue weighted by molar-refractivity contribution is -0.0359. The van der Waals surface area contributed by atoms with Gasteiger partial charge in [0.1, 0.15) is 0 Å². The van der Waals surface area contributed by atoms with E-state index in [1.807, 2.05) is 0 Å². The van der Waals surface area contributed by atoms with Gasteiger partial charge >= 0.3 is 0 Å². The normalized spacial score (nSPS) is 26.5. The third-order valence-electron chi connectivity index (χ3n) is 3.52. The summed E-state index contributed by atoms with van der Waals surface area (Å²) in [6, 6.07) is 0. The van der Waals surface area contributed by atoms with E-state index in [0.717, 1.165) is 19.1 Å². The average Bonchev–Trinajstić information content (AvgIpc) is 2.84. The molecule has 13 heavy (non-hydrogen) atoms. The van der Waals surface area contributed by atoms with E-state index in [1.165, 1.54) is 44.9 Å². The van der Waals surface area contributed by atoms with E-state index in [1.54, 1.807) is 0 Å². The van der Waals surface area contributed by atoms with Crippen molar-refractivity contribution in [3.8, 4) is 0 Å². The summed E-state index contributed by atoms with van der Waals surface area (Å²) in [5, 5.41) is 0. The molecule has 0 unspecified atom stereocenters. The van der Waals surface area contributed by atoms with Crippen LogP contribution in [0.1, 0.15) is 44.9 Å². The van der Waals surface area contributed by atoms with Gasteiger partial charge < -0.3 is 10.5 Å². The van der Waals surface area contributed by atoms with Crippen LogP contribution in [0.2, 0.25) is 0 Å². The second kappa shape index (κ2) is 3.97. The zero-order valence-electron chi connectivity index (χ0n) is 8.43. The van der Waals surface area contributed by atoms with Crippen LogP contribution in [0, 0.1) is 5.92 Å². The molecule has 0 aromatic carbocycles. The van der Waals surface area contributed by atoms with Crippen molar-refractivity contribution in [3.05, 3.63) is 0 Å². The molecule has 2 nitrogen and oxygen atoms in total. The van der Waals surface area contributed by atoms with E-state index in [2.05, 4.69) is 0 Å². The van der Waals surface area contributed by atoms with Gasteiger partial charge in [-0.25, -0.2) is 0 Å². The summed E-state index contributed by atoms with van der Waals surface area (Å²) in [6.45, 7) is 1.67. The summed E-state index contributed by atoms with van der Waals surface area (Å²) < 4.78 is 5.97. The van der Waals surface area contributed by atoms with E-state index < -0.39 is 0 Å². The van der Waals surface area contributed by atoms with Crippen molar-refractivity contribution in [2.75, 3.05) is 13.2 Å². The van der Waals surface area contributed by atoms with Gasteiger partial charge in [0.25, 0.3) is 0 Å². The number of nitrogens with two attached hydrogens (primary N) is 1. The van der Waals surface area contributed by atoms with Crippen LogP contribution in [0.3, 0.4) is 0 Å². The Morgan fingerprint density at radius 1 is 1.23 bits per heavy atom. The third kappa shape index (κ3) is 2.44. The maximum atomic E-state index is 5.97. The van der Waals surface area contributed by atoms with Crippen LogP contribution in [0.25, 0.3) is 0 Å². The van der Waals surface area contributed by atoms with Crippen molar-refractivity contribution < 1.29 is 4.74 Å². The van der Waals surface area contributed by atoms with Gasteiger partial charge in [0.05, 0.1) is 5.60 Å². The largest absolute Gasteiger partial charge is 0.374 e. The molecule has 0 saturated heterocycles. The quantitative estimate of drug-likeness (QED) is 0.708. The molecule has 0 heterocycles. The van der Waals surface area contributed by atoms with E-state index >= 15 is 0 Å². The van der Waals surface area contributed by atoms with Crippen molar-refractivity contribution in [1.82, 2.24) is 0 Å². The predicted molar refractivity (Wildman–Crippen MR) is 53.5 cm³/mol. The van der Waals surface area contributed by atoms with Crippen LogP contribution in [-0.2, 0) is 4.74 Å². The lowest BCUT2D eigenvalue weighted by atomic mass is 10.0. The third-order valence-corrected chi connectivity index (χ3v) is 3.52. The smallest absolute Gasteiger partial charge is 0.0804 e. The Morgan fingerprint density at radius 3 is 2.46 bits per heavy atom. The maximum Gasteiger partial charge on any atom is 0.0804 e. The number of rotatable bonds is 5. The fraction of sp³-hybridized carbons (Fsp3) is 1.00. The highest BCUT2D eigenvalue weighted by Crippen LogP contribution is 2.35. The zero-order valence-corrected chi connectivity index (χ0v) is 8.43. The second-order valence-electron chi connectivity index (χ2n) is 4.67. The van der Waals surface area contributed by atoms with Crippen LogP contribution < -0.4 is 5.73 Å². The molecule has 2 N–H and O–H groups in total. The van der Waals surface area contributed by atoms with Crippen molar-refractivity contribution in [3.63, 3.8) is 0 Å². The molecule has 0 aromatic heterocycles. The maximum absolute atomic E-state index is 5.97. The van der Waals surface area contributed by atoms with Gasteiger partial charge in [-0.1, -0.05) is 25.7 Å². The molecular weight excluding hydrogens is 162 g/mol. The molecule has 0 amide bonds. The van der Waals surface area contributed by atoms with E-state index in [9.17, 15) is 0 Å². The average molecular weight is 183 g/mol. The molecule has 76 valence electrons. The molecule has 0 spiro atoms. The molecular formula is C11H21NO. The molecule has 0 bridgehead atoms. The fourth-order valence-corrected chi connectivity index (χ4v) is 2.28. The lowest BCUT2D eigenvalue weighted by Gasteiger charge is -2.27. The minimum absolute atomic E-state index is 0.0783. The summed E-state index contributed by atoms with van der Waals surface area (Å²) in [7, 11) is 0. The first kappa shape index (κ1) is 9.47. The number of ether oxygens (including phenoxy) is 1. The van der Waals surface area contributed by atoms with Gasteiger partial charge in [0, 0.05) is 13.2 Å². The van der Waals surface area contributed by atoms with Gasteiger partial charge in [0.2, 0.25) is 0 Å². The molecule has 2 fully saturated rings. The minimum atomic E-state index is 0.0783. The number of hydrogen-bond donors (Lipinski definition) is 1. The highest BCUT2D eigenvalue weighted by atomic mass is 16.5. The Labute approximate surface area is 80.8 Å². The monoisotopic (exact) mass is 183 g/mol. The fourth-order valence-electron chi connectivity index (χ4n) is 2.28. The van der Waals surface area contributed by atoms with Crippen molar-refractivity contribution in [1.29, 1.82) is 0 Å². The first-order chi connectivity index (χ1) is 6.35. The van der Waals surface area contributed by atoms with Crippen molar-refractivity contribution >= 4 is 0 Å².